The van der Waals surface area contributed by atoms with Crippen LogP contribution in [-0.4, -0.2) is 5.11 Å². The van der Waals surface area contributed by atoms with Crippen LogP contribution in [0.15, 0.2) is 18.2 Å². The van der Waals surface area contributed by atoms with Crippen LogP contribution in [0.1, 0.15) is 25.0 Å². The summed E-state index contributed by atoms with van der Waals surface area (Å²) in [6.07, 6.45) is 0. The Bertz CT molecular complexity index is 304. The van der Waals surface area contributed by atoms with Gasteiger partial charge in [0, 0.05) is 11.6 Å². The molecule has 1 rings (SSSR count). The molecule has 0 aliphatic rings. The number of aliphatic hydroxyl groups is 1. The predicted octanol–water partition coefficient (Wildman–Crippen LogP) is 2.03. The Morgan fingerprint density at radius 3 is 2.46 bits per heavy atom. The summed E-state index contributed by atoms with van der Waals surface area (Å²) in [5.41, 5.74) is 6.35. The Kier molecular flexibility index (Phi) is 2.96. The summed E-state index contributed by atoms with van der Waals surface area (Å²) in [5.74, 6) is 0. The summed E-state index contributed by atoms with van der Waals surface area (Å²) >= 11 is 5.87. The van der Waals surface area contributed by atoms with Crippen LogP contribution in [0.3, 0.4) is 0 Å². The first-order valence-electron chi connectivity index (χ1n) is 4.16. The molecule has 1 aromatic rings. The van der Waals surface area contributed by atoms with E-state index in [4.69, 9.17) is 17.3 Å². The lowest BCUT2D eigenvalue weighted by Crippen LogP contribution is -2.16. The van der Waals surface area contributed by atoms with Gasteiger partial charge >= 0.3 is 0 Å². The second-order valence-electron chi connectivity index (χ2n) is 3.61. The molecule has 0 aliphatic carbocycles. The molecule has 0 radical (unpaired) electrons. The SMILES string of the molecule is CC(C)(O)c1cc(Cl)cc(CN)c1. The van der Waals surface area contributed by atoms with Crippen molar-refractivity contribution in [2.45, 2.75) is 26.0 Å². The average Bonchev–Trinajstić information content (AvgIpc) is 2.01. The fourth-order valence-corrected chi connectivity index (χ4v) is 1.38. The maximum atomic E-state index is 9.73. The molecule has 3 N–H and O–H groups in total. The van der Waals surface area contributed by atoms with Gasteiger partial charge in [0.1, 0.15) is 0 Å². The summed E-state index contributed by atoms with van der Waals surface area (Å²) in [5, 5.41) is 10.3. The van der Waals surface area contributed by atoms with Crippen molar-refractivity contribution in [1.82, 2.24) is 0 Å². The summed E-state index contributed by atoms with van der Waals surface area (Å²) in [6.45, 7) is 3.88. The number of nitrogens with two attached hydrogens (primary N) is 1. The standard InChI is InChI=1S/C10H14ClNO/c1-10(2,13)8-3-7(6-12)4-9(11)5-8/h3-5,13H,6,12H2,1-2H3. The van der Waals surface area contributed by atoms with E-state index in [1.54, 1.807) is 26.0 Å². The third kappa shape index (κ3) is 2.69. The van der Waals surface area contributed by atoms with E-state index >= 15 is 0 Å². The van der Waals surface area contributed by atoms with Crippen molar-refractivity contribution in [1.29, 1.82) is 0 Å². The lowest BCUT2D eigenvalue weighted by atomic mass is 9.96. The third-order valence-corrected chi connectivity index (χ3v) is 2.12. The first-order chi connectivity index (χ1) is 5.93. The monoisotopic (exact) mass is 199 g/mol. The largest absolute Gasteiger partial charge is 0.386 e. The highest BCUT2D eigenvalue weighted by Gasteiger charge is 2.16. The molecule has 13 heavy (non-hydrogen) atoms. The molecular weight excluding hydrogens is 186 g/mol. The van der Waals surface area contributed by atoms with Gasteiger partial charge in [-0.1, -0.05) is 17.7 Å². The lowest BCUT2D eigenvalue weighted by molar-refractivity contribution is 0.0785. The number of halogens is 1. The van der Waals surface area contributed by atoms with Crippen molar-refractivity contribution >= 4 is 11.6 Å². The molecule has 0 atom stereocenters. The molecule has 0 saturated carbocycles. The Balaban J connectivity index is 3.16. The smallest absolute Gasteiger partial charge is 0.0841 e. The average molecular weight is 200 g/mol. The van der Waals surface area contributed by atoms with E-state index in [-0.39, 0.29) is 0 Å². The second-order valence-corrected chi connectivity index (χ2v) is 4.05. The van der Waals surface area contributed by atoms with Gasteiger partial charge in [-0.25, -0.2) is 0 Å². The summed E-state index contributed by atoms with van der Waals surface area (Å²) in [7, 11) is 0. The van der Waals surface area contributed by atoms with Crippen molar-refractivity contribution in [2.24, 2.45) is 5.73 Å². The molecule has 72 valence electrons. The zero-order valence-electron chi connectivity index (χ0n) is 7.84. The van der Waals surface area contributed by atoms with Gasteiger partial charge in [0.05, 0.1) is 5.60 Å². The van der Waals surface area contributed by atoms with Crippen LogP contribution in [0.5, 0.6) is 0 Å². The number of rotatable bonds is 2. The van der Waals surface area contributed by atoms with E-state index in [2.05, 4.69) is 0 Å². The number of hydrogen-bond acceptors (Lipinski definition) is 2. The highest BCUT2D eigenvalue weighted by molar-refractivity contribution is 6.30. The van der Waals surface area contributed by atoms with Gasteiger partial charge in [-0.15, -0.1) is 0 Å². The van der Waals surface area contributed by atoms with Gasteiger partial charge in [-0.05, 0) is 37.1 Å². The quantitative estimate of drug-likeness (QED) is 0.766. The minimum absolute atomic E-state index is 0.434. The van der Waals surface area contributed by atoms with Crippen LogP contribution >= 0.6 is 11.6 Å². The Morgan fingerprint density at radius 1 is 1.38 bits per heavy atom. The van der Waals surface area contributed by atoms with Gasteiger partial charge in [-0.2, -0.15) is 0 Å². The van der Waals surface area contributed by atoms with Gasteiger partial charge in [-0.3, -0.25) is 0 Å². The molecule has 0 saturated heterocycles. The first-order valence-corrected chi connectivity index (χ1v) is 4.53. The van der Waals surface area contributed by atoms with Gasteiger partial charge in [0.25, 0.3) is 0 Å². The molecule has 0 bridgehead atoms. The molecular formula is C10H14ClNO. The Morgan fingerprint density at radius 2 is 2.00 bits per heavy atom. The van der Waals surface area contributed by atoms with Gasteiger partial charge in [0.15, 0.2) is 0 Å². The fourth-order valence-electron chi connectivity index (χ4n) is 1.12. The van der Waals surface area contributed by atoms with Crippen molar-refractivity contribution in [3.8, 4) is 0 Å². The maximum Gasteiger partial charge on any atom is 0.0841 e. The predicted molar refractivity (Wildman–Crippen MR) is 54.6 cm³/mol. The zero-order chi connectivity index (χ0) is 10.1. The minimum atomic E-state index is -0.866. The molecule has 3 heteroatoms. The Hall–Kier alpha value is -0.570. The summed E-state index contributed by atoms with van der Waals surface area (Å²) < 4.78 is 0. The van der Waals surface area contributed by atoms with E-state index in [1.165, 1.54) is 0 Å². The fraction of sp³-hybridized carbons (Fsp3) is 0.400. The minimum Gasteiger partial charge on any atom is -0.386 e. The number of hydrogen-bond donors (Lipinski definition) is 2. The van der Waals surface area contributed by atoms with Crippen molar-refractivity contribution in [2.75, 3.05) is 0 Å². The summed E-state index contributed by atoms with van der Waals surface area (Å²) in [6, 6.07) is 5.42. The van der Waals surface area contributed by atoms with Crippen molar-refractivity contribution in [3.63, 3.8) is 0 Å². The molecule has 0 aliphatic heterocycles. The van der Waals surface area contributed by atoms with E-state index in [0.29, 0.717) is 11.6 Å². The highest BCUT2D eigenvalue weighted by Crippen LogP contribution is 2.24. The Labute approximate surface area is 83.3 Å². The van der Waals surface area contributed by atoms with Crippen LogP contribution < -0.4 is 5.73 Å². The molecule has 0 unspecified atom stereocenters. The van der Waals surface area contributed by atoms with Gasteiger partial charge in [0.2, 0.25) is 0 Å². The van der Waals surface area contributed by atoms with Crippen LogP contribution in [0, 0.1) is 0 Å². The highest BCUT2D eigenvalue weighted by atomic mass is 35.5. The zero-order valence-corrected chi connectivity index (χ0v) is 8.60. The molecule has 1 aromatic carbocycles. The van der Waals surface area contributed by atoms with Crippen LogP contribution in [0.4, 0.5) is 0 Å². The maximum absolute atomic E-state index is 9.73. The van der Waals surface area contributed by atoms with Crippen LogP contribution in [0.25, 0.3) is 0 Å². The first kappa shape index (κ1) is 10.5. The second kappa shape index (κ2) is 3.66. The van der Waals surface area contributed by atoms with Crippen molar-refractivity contribution < 1.29 is 5.11 Å². The van der Waals surface area contributed by atoms with Crippen LogP contribution in [0.2, 0.25) is 5.02 Å². The molecule has 0 spiro atoms. The number of benzene rings is 1. The third-order valence-electron chi connectivity index (χ3n) is 1.90. The van der Waals surface area contributed by atoms with Crippen LogP contribution in [-0.2, 0) is 12.1 Å². The lowest BCUT2D eigenvalue weighted by Gasteiger charge is -2.18. The van der Waals surface area contributed by atoms with E-state index in [9.17, 15) is 5.11 Å². The molecule has 0 heterocycles. The summed E-state index contributed by atoms with van der Waals surface area (Å²) in [4.78, 5) is 0. The normalized spacial score (nSPS) is 11.8. The van der Waals surface area contributed by atoms with E-state index < -0.39 is 5.60 Å². The molecule has 0 aromatic heterocycles. The van der Waals surface area contributed by atoms with E-state index in [0.717, 1.165) is 11.1 Å². The van der Waals surface area contributed by atoms with Gasteiger partial charge < -0.3 is 10.8 Å². The van der Waals surface area contributed by atoms with Crippen molar-refractivity contribution in [3.05, 3.63) is 34.3 Å². The molecule has 0 fully saturated rings. The molecule has 0 amide bonds. The topological polar surface area (TPSA) is 46.2 Å². The van der Waals surface area contributed by atoms with E-state index in [1.807, 2.05) is 6.07 Å². The molecule has 2 nitrogen and oxygen atoms in total.